The lowest BCUT2D eigenvalue weighted by molar-refractivity contribution is -0.153. The molecule has 1 aliphatic carbocycles. The van der Waals surface area contributed by atoms with Gasteiger partial charge in [0.05, 0.1) is 7.11 Å². The number of piperidine rings is 1. The fraction of sp³-hybridized carbons (Fsp3) is 0.462. The van der Waals surface area contributed by atoms with E-state index in [2.05, 4.69) is 0 Å². The van der Waals surface area contributed by atoms with Gasteiger partial charge in [-0.15, -0.1) is 0 Å². The third-order valence-electron chi connectivity index (χ3n) is 7.05. The lowest BCUT2D eigenvalue weighted by Crippen LogP contribution is -2.40. The number of halogens is 1. The normalized spacial score (nSPS) is 23.4. The van der Waals surface area contributed by atoms with Crippen molar-refractivity contribution in [1.29, 1.82) is 0 Å². The molecule has 0 bridgehead atoms. The molecule has 1 aliphatic heterocycles. The highest BCUT2D eigenvalue weighted by Crippen LogP contribution is 2.40. The summed E-state index contributed by atoms with van der Waals surface area (Å²) >= 11 is 0. The van der Waals surface area contributed by atoms with Crippen LogP contribution in [0.4, 0.5) is 4.39 Å². The Balaban J connectivity index is 1.54. The first-order valence-electron chi connectivity index (χ1n) is 11.1. The number of rotatable bonds is 4. The Morgan fingerprint density at radius 2 is 1.42 bits per heavy atom. The van der Waals surface area contributed by atoms with Gasteiger partial charge in [0, 0.05) is 25.9 Å². The molecule has 0 spiro atoms. The summed E-state index contributed by atoms with van der Waals surface area (Å²) in [5.41, 5.74) is 4.63. The first-order chi connectivity index (χ1) is 14.9. The number of carbonyl (C=O) groups excluding carboxylic acids is 2. The van der Waals surface area contributed by atoms with Crippen LogP contribution in [0.25, 0.3) is 11.1 Å². The van der Waals surface area contributed by atoms with Crippen molar-refractivity contribution < 1.29 is 18.8 Å². The Bertz CT molecular complexity index is 936. The van der Waals surface area contributed by atoms with Gasteiger partial charge >= 0.3 is 0 Å². The van der Waals surface area contributed by atoms with Gasteiger partial charge in [0.15, 0.2) is 0 Å². The number of hydroxylamine groups is 2. The molecule has 0 aromatic heterocycles. The minimum Gasteiger partial charge on any atom is -0.302 e. The maximum absolute atomic E-state index is 13.3. The van der Waals surface area contributed by atoms with Gasteiger partial charge in [-0.3, -0.25) is 9.59 Å². The summed E-state index contributed by atoms with van der Waals surface area (Å²) in [7, 11) is 1.69. The van der Waals surface area contributed by atoms with Crippen LogP contribution in [0.3, 0.4) is 0 Å². The molecule has 0 radical (unpaired) electrons. The molecule has 5 heteroatoms. The lowest BCUT2D eigenvalue weighted by atomic mass is 9.69. The number of hydrogen-bond acceptors (Lipinski definition) is 4. The zero-order chi connectivity index (χ0) is 22.1. The number of nitrogens with zero attached hydrogens (tertiary/aromatic N) is 1. The van der Waals surface area contributed by atoms with Crippen LogP contribution in [0.2, 0.25) is 0 Å². The summed E-state index contributed by atoms with van der Waals surface area (Å²) in [6, 6.07) is 10.4. The molecule has 1 heterocycles. The fourth-order valence-electron chi connectivity index (χ4n) is 5.43. The second kappa shape index (κ2) is 9.01. The Morgan fingerprint density at radius 3 is 1.94 bits per heavy atom. The Morgan fingerprint density at radius 1 is 0.871 bits per heavy atom. The number of Topliss-reactive ketones (excluding diaryl/α,β-unsaturated/α-hetero) is 2. The van der Waals surface area contributed by atoms with Gasteiger partial charge in [0.1, 0.15) is 23.3 Å². The average Bonchev–Trinajstić information content (AvgIpc) is 2.75. The van der Waals surface area contributed by atoms with Crippen molar-refractivity contribution in [2.45, 2.75) is 45.4 Å². The molecule has 31 heavy (non-hydrogen) atoms. The van der Waals surface area contributed by atoms with Crippen LogP contribution in [0, 0.1) is 31.5 Å². The molecule has 164 valence electrons. The van der Waals surface area contributed by atoms with Crippen molar-refractivity contribution in [1.82, 2.24) is 5.06 Å². The van der Waals surface area contributed by atoms with Crippen molar-refractivity contribution in [3.8, 4) is 11.1 Å². The first-order valence-corrected chi connectivity index (χ1v) is 11.1. The second-order valence-corrected chi connectivity index (χ2v) is 9.01. The first kappa shape index (κ1) is 21.8. The van der Waals surface area contributed by atoms with Gasteiger partial charge in [-0.05, 0) is 78.5 Å². The van der Waals surface area contributed by atoms with Gasteiger partial charge in [-0.1, -0.05) is 24.3 Å². The van der Waals surface area contributed by atoms with Gasteiger partial charge < -0.3 is 4.84 Å². The number of aryl methyl sites for hydroxylation is 2. The molecule has 2 aromatic rings. The van der Waals surface area contributed by atoms with E-state index in [1.165, 1.54) is 12.1 Å². The second-order valence-electron chi connectivity index (χ2n) is 9.01. The zero-order valence-electron chi connectivity index (χ0n) is 18.5. The highest BCUT2D eigenvalue weighted by molar-refractivity contribution is 6.10. The molecule has 2 aliphatic rings. The maximum Gasteiger partial charge on any atom is 0.148 e. The Kier molecular flexibility index (Phi) is 6.35. The van der Waals surface area contributed by atoms with E-state index in [1.807, 2.05) is 31.0 Å². The number of ketones is 2. The third kappa shape index (κ3) is 4.48. The molecule has 2 aromatic carbocycles. The molecule has 2 fully saturated rings. The Hall–Kier alpha value is -2.37. The maximum atomic E-state index is 13.3. The molecule has 0 unspecified atom stereocenters. The molecule has 4 nitrogen and oxygen atoms in total. The summed E-state index contributed by atoms with van der Waals surface area (Å²) in [6.45, 7) is 5.63. The van der Waals surface area contributed by atoms with E-state index in [0.29, 0.717) is 18.8 Å². The average molecular weight is 424 g/mol. The topological polar surface area (TPSA) is 46.6 Å². The highest BCUT2D eigenvalue weighted by atomic mass is 19.1. The molecule has 4 rings (SSSR count). The predicted octanol–water partition coefficient (Wildman–Crippen LogP) is 5.01. The summed E-state index contributed by atoms with van der Waals surface area (Å²) < 4.78 is 13.3. The van der Waals surface area contributed by atoms with Crippen molar-refractivity contribution in [2.24, 2.45) is 11.8 Å². The van der Waals surface area contributed by atoms with Crippen LogP contribution in [-0.2, 0) is 14.4 Å². The fourth-order valence-corrected chi connectivity index (χ4v) is 5.43. The van der Waals surface area contributed by atoms with E-state index in [4.69, 9.17) is 4.84 Å². The van der Waals surface area contributed by atoms with Crippen molar-refractivity contribution >= 4 is 11.6 Å². The van der Waals surface area contributed by atoms with Gasteiger partial charge in [-0.25, -0.2) is 4.39 Å². The molecule has 1 saturated carbocycles. The van der Waals surface area contributed by atoms with Crippen LogP contribution in [0.5, 0.6) is 0 Å². The Labute approximate surface area is 183 Å². The number of benzene rings is 2. The largest absolute Gasteiger partial charge is 0.302 e. The third-order valence-corrected chi connectivity index (χ3v) is 7.05. The van der Waals surface area contributed by atoms with Gasteiger partial charge in [-0.2, -0.15) is 5.06 Å². The van der Waals surface area contributed by atoms with Gasteiger partial charge in [0.2, 0.25) is 0 Å². The summed E-state index contributed by atoms with van der Waals surface area (Å²) in [4.78, 5) is 31.7. The van der Waals surface area contributed by atoms with Gasteiger partial charge in [0.25, 0.3) is 0 Å². The van der Waals surface area contributed by atoms with Crippen molar-refractivity contribution in [3.63, 3.8) is 0 Å². The summed E-state index contributed by atoms with van der Waals surface area (Å²) in [6.07, 6.45) is 2.89. The smallest absolute Gasteiger partial charge is 0.148 e. The predicted molar refractivity (Wildman–Crippen MR) is 118 cm³/mol. The quantitative estimate of drug-likeness (QED) is 0.648. The van der Waals surface area contributed by atoms with Crippen LogP contribution < -0.4 is 0 Å². The highest BCUT2D eigenvalue weighted by Gasteiger charge is 2.41. The molecule has 0 N–H and O–H groups in total. The van der Waals surface area contributed by atoms with E-state index in [1.54, 1.807) is 19.2 Å². The van der Waals surface area contributed by atoms with Crippen molar-refractivity contribution in [2.75, 3.05) is 20.2 Å². The van der Waals surface area contributed by atoms with E-state index in [0.717, 1.165) is 53.7 Å². The molecule has 0 atom stereocenters. The monoisotopic (exact) mass is 423 g/mol. The minimum absolute atomic E-state index is 0.0520. The standard InChI is InChI=1S/C26H30FNO3/c1-16-12-20(18-4-6-22(27)7-5-18)13-17(2)25(16)26-23(29)14-21(15-24(26)30)19-8-10-28(31-3)11-9-19/h4-7,12-13,19,21,26H,8-11,14-15H2,1-3H3. The summed E-state index contributed by atoms with van der Waals surface area (Å²) in [5, 5.41) is 1.95. The molecule has 0 amide bonds. The molecular formula is C26H30FNO3. The van der Waals surface area contributed by atoms with E-state index in [9.17, 15) is 14.0 Å². The van der Waals surface area contributed by atoms with Crippen LogP contribution >= 0.6 is 0 Å². The van der Waals surface area contributed by atoms with Crippen LogP contribution in [-0.4, -0.2) is 36.8 Å². The SMILES string of the molecule is CON1CCC(C2CC(=O)C(c3c(C)cc(-c4ccc(F)cc4)cc3C)C(=O)C2)CC1. The van der Waals surface area contributed by atoms with Crippen LogP contribution in [0.1, 0.15) is 48.3 Å². The number of carbonyl (C=O) groups is 2. The zero-order valence-corrected chi connectivity index (χ0v) is 18.5. The van der Waals surface area contributed by atoms with Crippen LogP contribution in [0.15, 0.2) is 36.4 Å². The van der Waals surface area contributed by atoms with E-state index in [-0.39, 0.29) is 23.3 Å². The molecular weight excluding hydrogens is 393 g/mol. The van der Waals surface area contributed by atoms with E-state index >= 15 is 0 Å². The van der Waals surface area contributed by atoms with E-state index < -0.39 is 5.92 Å². The lowest BCUT2D eigenvalue weighted by Gasteiger charge is -2.37. The van der Waals surface area contributed by atoms with Crippen molar-refractivity contribution in [3.05, 3.63) is 58.9 Å². The number of hydrogen-bond donors (Lipinski definition) is 0. The summed E-state index contributed by atoms with van der Waals surface area (Å²) in [5.74, 6) is -0.266. The minimum atomic E-state index is -0.655. The molecule has 1 saturated heterocycles.